The van der Waals surface area contributed by atoms with Crippen LogP contribution in [0.2, 0.25) is 0 Å². The Balaban J connectivity index is 2.95. The molecule has 0 N–H and O–H groups in total. The van der Waals surface area contributed by atoms with E-state index in [1.54, 1.807) is 0 Å². The van der Waals surface area contributed by atoms with Crippen molar-refractivity contribution in [1.29, 1.82) is 0 Å². The SMILES string of the molecule is Fc1ccc(C(F)(F)F)cc1CCCCl. The first-order chi connectivity index (χ1) is 6.95. The molecule has 0 heterocycles. The summed E-state index contributed by atoms with van der Waals surface area (Å²) in [6.07, 6.45) is -3.75. The van der Waals surface area contributed by atoms with Crippen molar-refractivity contribution in [3.8, 4) is 0 Å². The Bertz CT molecular complexity index is 333. The average Bonchev–Trinajstić information content (AvgIpc) is 2.15. The fourth-order valence-electron chi connectivity index (χ4n) is 1.20. The first kappa shape index (κ1) is 12.3. The Morgan fingerprint density at radius 1 is 1.20 bits per heavy atom. The van der Waals surface area contributed by atoms with Gasteiger partial charge in [0.15, 0.2) is 0 Å². The van der Waals surface area contributed by atoms with Gasteiger partial charge in [-0.25, -0.2) is 4.39 Å². The van der Waals surface area contributed by atoms with E-state index in [1.165, 1.54) is 0 Å². The minimum absolute atomic E-state index is 0.0606. The molecule has 0 saturated heterocycles. The molecule has 1 aromatic carbocycles. The molecule has 0 nitrogen and oxygen atoms in total. The lowest BCUT2D eigenvalue weighted by Gasteiger charge is -2.09. The van der Waals surface area contributed by atoms with Crippen molar-refractivity contribution in [2.45, 2.75) is 19.0 Å². The van der Waals surface area contributed by atoms with Crippen LogP contribution in [0.1, 0.15) is 17.5 Å². The number of hydrogen-bond donors (Lipinski definition) is 0. The highest BCUT2D eigenvalue weighted by Gasteiger charge is 2.30. The predicted molar refractivity (Wildman–Crippen MR) is 50.4 cm³/mol. The Kier molecular flexibility index (Phi) is 3.97. The topological polar surface area (TPSA) is 0 Å². The zero-order chi connectivity index (χ0) is 11.5. The van der Waals surface area contributed by atoms with Crippen molar-refractivity contribution >= 4 is 11.6 Å². The van der Waals surface area contributed by atoms with Gasteiger partial charge in [0.2, 0.25) is 0 Å². The minimum atomic E-state index is -4.43. The monoisotopic (exact) mass is 240 g/mol. The van der Waals surface area contributed by atoms with E-state index in [9.17, 15) is 17.6 Å². The van der Waals surface area contributed by atoms with E-state index in [4.69, 9.17) is 11.6 Å². The second kappa shape index (κ2) is 4.84. The first-order valence-electron chi connectivity index (χ1n) is 4.36. The van der Waals surface area contributed by atoms with Gasteiger partial charge in [0.25, 0.3) is 0 Å². The predicted octanol–water partition coefficient (Wildman–Crippen LogP) is 4.02. The van der Waals surface area contributed by atoms with E-state index in [2.05, 4.69) is 0 Å². The minimum Gasteiger partial charge on any atom is -0.207 e. The van der Waals surface area contributed by atoms with Crippen molar-refractivity contribution in [3.63, 3.8) is 0 Å². The molecule has 0 atom stereocenters. The maximum atomic E-state index is 13.1. The van der Waals surface area contributed by atoms with Crippen LogP contribution in [0.3, 0.4) is 0 Å². The van der Waals surface area contributed by atoms with E-state index >= 15 is 0 Å². The fraction of sp³-hybridized carbons (Fsp3) is 0.400. The third-order valence-electron chi connectivity index (χ3n) is 1.95. The molecule has 0 aliphatic carbocycles. The highest BCUT2D eigenvalue weighted by molar-refractivity contribution is 6.17. The van der Waals surface area contributed by atoms with Crippen LogP contribution in [0.15, 0.2) is 18.2 Å². The molecule has 0 fully saturated rings. The molecule has 0 radical (unpaired) electrons. The molecule has 84 valence electrons. The summed E-state index contributed by atoms with van der Waals surface area (Å²) in [6, 6.07) is 2.41. The standard InChI is InChI=1S/C10H9ClF4/c11-5-1-2-7-6-8(10(13,14)15)3-4-9(7)12/h3-4,6H,1-2,5H2. The molecule has 0 amide bonds. The largest absolute Gasteiger partial charge is 0.416 e. The van der Waals surface area contributed by atoms with Crippen LogP contribution in [-0.2, 0) is 12.6 Å². The van der Waals surface area contributed by atoms with Crippen molar-refractivity contribution in [3.05, 3.63) is 35.1 Å². The van der Waals surface area contributed by atoms with Crippen molar-refractivity contribution in [1.82, 2.24) is 0 Å². The van der Waals surface area contributed by atoms with Crippen LogP contribution >= 0.6 is 11.6 Å². The Labute approximate surface area is 89.9 Å². The van der Waals surface area contributed by atoms with Gasteiger partial charge in [-0.05, 0) is 36.6 Å². The summed E-state index contributed by atoms with van der Waals surface area (Å²) in [4.78, 5) is 0. The molecule has 0 aromatic heterocycles. The molecule has 0 spiro atoms. The van der Waals surface area contributed by atoms with Crippen LogP contribution in [-0.4, -0.2) is 5.88 Å². The van der Waals surface area contributed by atoms with Gasteiger partial charge in [0.05, 0.1) is 5.56 Å². The highest BCUT2D eigenvalue weighted by Crippen LogP contribution is 2.30. The summed E-state index contributed by atoms with van der Waals surface area (Å²) < 4.78 is 49.9. The molecule has 0 saturated carbocycles. The number of alkyl halides is 4. The van der Waals surface area contributed by atoms with Gasteiger partial charge in [0, 0.05) is 5.88 Å². The van der Waals surface area contributed by atoms with Gasteiger partial charge >= 0.3 is 6.18 Å². The Morgan fingerprint density at radius 2 is 1.87 bits per heavy atom. The van der Waals surface area contributed by atoms with Crippen molar-refractivity contribution < 1.29 is 17.6 Å². The highest BCUT2D eigenvalue weighted by atomic mass is 35.5. The van der Waals surface area contributed by atoms with E-state index in [0.717, 1.165) is 18.2 Å². The number of hydrogen-bond acceptors (Lipinski definition) is 0. The number of aryl methyl sites for hydroxylation is 1. The zero-order valence-electron chi connectivity index (χ0n) is 7.74. The Morgan fingerprint density at radius 3 is 2.40 bits per heavy atom. The van der Waals surface area contributed by atoms with Crippen LogP contribution < -0.4 is 0 Å². The number of benzene rings is 1. The van der Waals surface area contributed by atoms with Crippen LogP contribution in [0.5, 0.6) is 0 Å². The van der Waals surface area contributed by atoms with Gasteiger partial charge in [0.1, 0.15) is 5.82 Å². The molecular weight excluding hydrogens is 232 g/mol. The van der Waals surface area contributed by atoms with Crippen LogP contribution in [0.4, 0.5) is 17.6 Å². The summed E-state index contributed by atoms with van der Waals surface area (Å²) in [7, 11) is 0. The molecule has 5 heteroatoms. The van der Waals surface area contributed by atoms with Crippen LogP contribution in [0, 0.1) is 5.82 Å². The summed E-state index contributed by atoms with van der Waals surface area (Å²) >= 11 is 5.39. The summed E-state index contributed by atoms with van der Waals surface area (Å²) in [6.45, 7) is 0. The molecule has 0 aliphatic rings. The third kappa shape index (κ3) is 3.38. The second-order valence-electron chi connectivity index (χ2n) is 3.10. The van der Waals surface area contributed by atoms with Crippen molar-refractivity contribution in [2.75, 3.05) is 5.88 Å². The first-order valence-corrected chi connectivity index (χ1v) is 4.90. The van der Waals surface area contributed by atoms with Gasteiger partial charge in [-0.15, -0.1) is 11.6 Å². The van der Waals surface area contributed by atoms with E-state index in [1.807, 2.05) is 0 Å². The number of rotatable bonds is 3. The van der Waals surface area contributed by atoms with Gasteiger partial charge in [-0.1, -0.05) is 0 Å². The van der Waals surface area contributed by atoms with E-state index in [0.29, 0.717) is 12.3 Å². The second-order valence-corrected chi connectivity index (χ2v) is 3.47. The third-order valence-corrected chi connectivity index (χ3v) is 2.22. The lowest BCUT2D eigenvalue weighted by molar-refractivity contribution is -0.137. The Hall–Kier alpha value is -0.770. The van der Waals surface area contributed by atoms with Crippen molar-refractivity contribution in [2.24, 2.45) is 0 Å². The molecule has 0 bridgehead atoms. The normalized spacial score (nSPS) is 11.8. The molecule has 1 rings (SSSR count). The maximum absolute atomic E-state index is 13.1. The fourth-order valence-corrected chi connectivity index (χ4v) is 1.33. The van der Waals surface area contributed by atoms with E-state index < -0.39 is 17.6 Å². The average molecular weight is 241 g/mol. The summed E-state index contributed by atoms with van der Waals surface area (Å²) in [5.41, 5.74) is -0.765. The van der Waals surface area contributed by atoms with Crippen LogP contribution in [0.25, 0.3) is 0 Å². The lowest BCUT2D eigenvalue weighted by Crippen LogP contribution is -2.06. The number of halogens is 5. The maximum Gasteiger partial charge on any atom is 0.416 e. The zero-order valence-corrected chi connectivity index (χ0v) is 8.50. The summed E-state index contributed by atoms with van der Waals surface area (Å²) in [5.74, 6) is -0.316. The van der Waals surface area contributed by atoms with Gasteiger partial charge in [-0.2, -0.15) is 13.2 Å². The molecule has 1 aromatic rings. The summed E-state index contributed by atoms with van der Waals surface area (Å²) in [5, 5.41) is 0. The molecule has 0 aliphatic heterocycles. The smallest absolute Gasteiger partial charge is 0.207 e. The quantitative estimate of drug-likeness (QED) is 0.553. The lowest BCUT2D eigenvalue weighted by atomic mass is 10.1. The van der Waals surface area contributed by atoms with E-state index in [-0.39, 0.29) is 12.0 Å². The molecule has 15 heavy (non-hydrogen) atoms. The van der Waals surface area contributed by atoms with Gasteiger partial charge < -0.3 is 0 Å². The molecule has 0 unspecified atom stereocenters. The molecular formula is C10H9ClF4. The van der Waals surface area contributed by atoms with Gasteiger partial charge in [-0.3, -0.25) is 0 Å².